The summed E-state index contributed by atoms with van der Waals surface area (Å²) in [6, 6.07) is 9.85. The second kappa shape index (κ2) is 7.97. The van der Waals surface area contributed by atoms with Gasteiger partial charge in [0.15, 0.2) is 5.78 Å². The van der Waals surface area contributed by atoms with Gasteiger partial charge in [-0.25, -0.2) is 9.78 Å². The number of allylic oxidation sites excluding steroid dienone is 1. The molecule has 0 radical (unpaired) electrons. The Labute approximate surface area is 166 Å². The summed E-state index contributed by atoms with van der Waals surface area (Å²) in [4.78, 5) is 44.2. The van der Waals surface area contributed by atoms with Crippen molar-refractivity contribution >= 4 is 22.9 Å². The van der Waals surface area contributed by atoms with Crippen molar-refractivity contribution in [2.24, 2.45) is 5.92 Å². The van der Waals surface area contributed by atoms with E-state index in [1.165, 1.54) is 17.9 Å². The fourth-order valence-electron chi connectivity index (χ4n) is 3.78. The lowest BCUT2D eigenvalue weighted by molar-refractivity contribution is 0.0959. The highest BCUT2D eigenvalue weighted by atomic mass is 16.5. The largest absolute Gasteiger partial charge is 0.383 e. The molecule has 0 amide bonds. The first-order valence-electron chi connectivity index (χ1n) is 9.48. The number of Topliss-reactive ketones (excluding diaryl/α,β-unsaturated/α-hetero) is 1. The first kappa shape index (κ1) is 19.0. The number of hydrogen-bond donors (Lipinski definition) is 1. The van der Waals surface area contributed by atoms with Gasteiger partial charge in [-0.2, -0.15) is 0 Å². The SMILES string of the molecule is COCCn1c(=O)[nH]c(=O)c2c3c(cnc21)C(=O)CC(/C=C/c1ccccc1)C3. The molecule has 1 unspecified atom stereocenters. The van der Waals surface area contributed by atoms with Gasteiger partial charge < -0.3 is 4.74 Å². The van der Waals surface area contributed by atoms with Crippen molar-refractivity contribution in [1.82, 2.24) is 14.5 Å². The summed E-state index contributed by atoms with van der Waals surface area (Å²) in [6.45, 7) is 0.570. The van der Waals surface area contributed by atoms with Crippen molar-refractivity contribution in [3.8, 4) is 0 Å². The number of nitrogens with one attached hydrogen (secondary N) is 1. The highest BCUT2D eigenvalue weighted by Gasteiger charge is 2.28. The van der Waals surface area contributed by atoms with Crippen LogP contribution in [0, 0.1) is 5.92 Å². The molecule has 0 aliphatic heterocycles. The number of benzene rings is 1. The van der Waals surface area contributed by atoms with E-state index in [1.54, 1.807) is 0 Å². The number of carbonyl (C=O) groups excluding carboxylic acids is 1. The topological polar surface area (TPSA) is 94.1 Å². The Balaban J connectivity index is 1.79. The minimum absolute atomic E-state index is 0.0282. The zero-order valence-corrected chi connectivity index (χ0v) is 16.1. The molecule has 1 aliphatic rings. The van der Waals surface area contributed by atoms with E-state index < -0.39 is 11.2 Å². The molecule has 7 nitrogen and oxygen atoms in total. The van der Waals surface area contributed by atoms with Crippen LogP contribution in [-0.4, -0.2) is 34.0 Å². The number of nitrogens with zero attached hydrogens (tertiary/aromatic N) is 2. The first-order valence-corrected chi connectivity index (χ1v) is 9.48. The average molecular weight is 391 g/mol. The summed E-state index contributed by atoms with van der Waals surface area (Å²) < 4.78 is 6.44. The van der Waals surface area contributed by atoms with Crippen LogP contribution < -0.4 is 11.2 Å². The third kappa shape index (κ3) is 3.69. The second-order valence-electron chi connectivity index (χ2n) is 7.11. The van der Waals surface area contributed by atoms with E-state index in [1.807, 2.05) is 42.5 Å². The Morgan fingerprint density at radius 2 is 2.00 bits per heavy atom. The van der Waals surface area contributed by atoms with Gasteiger partial charge in [-0.3, -0.25) is 19.1 Å². The molecule has 2 aromatic heterocycles. The molecule has 0 bridgehead atoms. The number of ketones is 1. The number of rotatable bonds is 5. The molecule has 3 aromatic rings. The number of pyridine rings is 1. The van der Waals surface area contributed by atoms with E-state index >= 15 is 0 Å². The average Bonchev–Trinajstić information content (AvgIpc) is 2.72. The molecule has 7 heteroatoms. The lowest BCUT2D eigenvalue weighted by Gasteiger charge is -2.22. The Hall–Kier alpha value is -3.32. The molecular formula is C22H21N3O4. The normalized spacial score (nSPS) is 16.4. The summed E-state index contributed by atoms with van der Waals surface area (Å²) in [5.74, 6) is -0.0723. The van der Waals surface area contributed by atoms with Crippen molar-refractivity contribution in [3.63, 3.8) is 0 Å². The molecule has 1 aliphatic carbocycles. The van der Waals surface area contributed by atoms with Gasteiger partial charge >= 0.3 is 5.69 Å². The Morgan fingerprint density at radius 1 is 1.21 bits per heavy atom. The van der Waals surface area contributed by atoms with Crippen LogP contribution in [0.2, 0.25) is 0 Å². The van der Waals surface area contributed by atoms with Crippen LogP contribution in [0.15, 0.2) is 52.2 Å². The van der Waals surface area contributed by atoms with E-state index in [0.29, 0.717) is 36.0 Å². The van der Waals surface area contributed by atoms with Crippen LogP contribution in [0.3, 0.4) is 0 Å². The number of aromatic amines is 1. The smallest absolute Gasteiger partial charge is 0.330 e. The van der Waals surface area contributed by atoms with Gasteiger partial charge in [0.25, 0.3) is 5.56 Å². The molecule has 1 N–H and O–H groups in total. The van der Waals surface area contributed by atoms with Crippen LogP contribution in [0.25, 0.3) is 17.1 Å². The maximum atomic E-state index is 12.7. The number of methoxy groups -OCH3 is 1. The number of fused-ring (bicyclic) bond motifs is 3. The molecule has 1 aromatic carbocycles. The van der Waals surface area contributed by atoms with Crippen molar-refractivity contribution in [3.05, 3.63) is 80.1 Å². The van der Waals surface area contributed by atoms with Gasteiger partial charge in [-0.1, -0.05) is 42.5 Å². The van der Waals surface area contributed by atoms with E-state index in [2.05, 4.69) is 9.97 Å². The van der Waals surface area contributed by atoms with E-state index in [-0.39, 0.29) is 23.9 Å². The number of aromatic nitrogens is 3. The molecule has 2 heterocycles. The third-order valence-corrected chi connectivity index (χ3v) is 5.21. The first-order chi connectivity index (χ1) is 14.1. The van der Waals surface area contributed by atoms with Crippen LogP contribution in [0.1, 0.15) is 27.9 Å². The molecule has 0 saturated heterocycles. The van der Waals surface area contributed by atoms with E-state index in [0.717, 1.165) is 5.56 Å². The minimum atomic E-state index is -0.533. The van der Waals surface area contributed by atoms with Gasteiger partial charge in [0.05, 0.1) is 18.5 Å². The minimum Gasteiger partial charge on any atom is -0.383 e. The monoisotopic (exact) mass is 391 g/mol. The fourth-order valence-corrected chi connectivity index (χ4v) is 3.78. The summed E-state index contributed by atoms with van der Waals surface area (Å²) in [5, 5.41) is 0.310. The van der Waals surface area contributed by atoms with Crippen molar-refractivity contribution in [2.45, 2.75) is 19.4 Å². The quantitative estimate of drug-likeness (QED) is 0.720. The van der Waals surface area contributed by atoms with E-state index in [9.17, 15) is 14.4 Å². The maximum absolute atomic E-state index is 12.7. The lowest BCUT2D eigenvalue weighted by Crippen LogP contribution is -2.33. The third-order valence-electron chi connectivity index (χ3n) is 5.21. The predicted molar refractivity (Wildman–Crippen MR) is 110 cm³/mol. The van der Waals surface area contributed by atoms with Crippen molar-refractivity contribution < 1.29 is 9.53 Å². The fraction of sp³-hybridized carbons (Fsp3) is 0.273. The van der Waals surface area contributed by atoms with E-state index in [4.69, 9.17) is 4.74 Å². The lowest BCUT2D eigenvalue weighted by atomic mass is 9.82. The Bertz CT molecular complexity index is 1210. The van der Waals surface area contributed by atoms with Gasteiger partial charge in [0.2, 0.25) is 0 Å². The summed E-state index contributed by atoms with van der Waals surface area (Å²) in [5.41, 5.74) is 1.41. The second-order valence-corrected chi connectivity index (χ2v) is 7.11. The maximum Gasteiger partial charge on any atom is 0.330 e. The Kier molecular flexibility index (Phi) is 5.22. The van der Waals surface area contributed by atoms with Crippen LogP contribution >= 0.6 is 0 Å². The van der Waals surface area contributed by atoms with Crippen molar-refractivity contribution in [2.75, 3.05) is 13.7 Å². The van der Waals surface area contributed by atoms with Gasteiger partial charge in [-0.05, 0) is 23.5 Å². The van der Waals surface area contributed by atoms with Crippen molar-refractivity contribution in [1.29, 1.82) is 0 Å². The van der Waals surface area contributed by atoms with Crippen LogP contribution in [0.4, 0.5) is 0 Å². The molecule has 1 atom stereocenters. The number of carbonyl (C=O) groups is 1. The molecule has 0 spiro atoms. The molecule has 0 saturated carbocycles. The van der Waals surface area contributed by atoms with Gasteiger partial charge in [-0.15, -0.1) is 0 Å². The molecule has 4 rings (SSSR count). The molecular weight excluding hydrogens is 370 g/mol. The number of ether oxygens (including phenoxy) is 1. The zero-order chi connectivity index (χ0) is 20.4. The van der Waals surface area contributed by atoms with Crippen LogP contribution in [-0.2, 0) is 17.7 Å². The molecule has 29 heavy (non-hydrogen) atoms. The zero-order valence-electron chi connectivity index (χ0n) is 16.1. The van der Waals surface area contributed by atoms with Gasteiger partial charge in [0, 0.05) is 25.3 Å². The number of hydrogen-bond acceptors (Lipinski definition) is 5. The highest BCUT2D eigenvalue weighted by Crippen LogP contribution is 2.30. The van der Waals surface area contributed by atoms with Gasteiger partial charge in [0.1, 0.15) is 5.65 Å². The molecule has 0 fully saturated rings. The predicted octanol–water partition coefficient (Wildman–Crippen LogP) is 2.19. The highest BCUT2D eigenvalue weighted by molar-refractivity contribution is 6.02. The number of H-pyrrole nitrogens is 1. The Morgan fingerprint density at radius 3 is 2.76 bits per heavy atom. The standard InChI is InChI=1S/C22H21N3O4/c1-29-10-9-25-20-19(21(27)24-22(25)28)16-11-15(12-18(26)17(16)13-23-20)8-7-14-5-3-2-4-6-14/h2-8,13,15H,9-12H2,1H3,(H,24,27,28)/b8-7+. The summed E-state index contributed by atoms with van der Waals surface area (Å²) >= 11 is 0. The van der Waals surface area contributed by atoms with Crippen LogP contribution in [0.5, 0.6) is 0 Å². The summed E-state index contributed by atoms with van der Waals surface area (Å²) in [7, 11) is 1.54. The summed E-state index contributed by atoms with van der Waals surface area (Å²) in [6.07, 6.45) is 6.39. The molecule has 148 valence electrons.